The van der Waals surface area contributed by atoms with Gasteiger partial charge in [0.1, 0.15) is 0 Å². The van der Waals surface area contributed by atoms with Crippen LogP contribution in [0, 0.1) is 0 Å². The third-order valence-corrected chi connectivity index (χ3v) is 6.65. The Morgan fingerprint density at radius 2 is 1.33 bits per heavy atom. The van der Waals surface area contributed by atoms with E-state index in [1.54, 1.807) is 55.3 Å². The zero-order chi connectivity index (χ0) is 20.0. The molecule has 4 rings (SSSR count). The van der Waals surface area contributed by atoms with Crippen LogP contribution < -0.4 is 0 Å². The quantitative estimate of drug-likeness (QED) is 0.448. The van der Waals surface area contributed by atoms with Gasteiger partial charge < -0.3 is 9.13 Å². The lowest BCUT2D eigenvalue weighted by molar-refractivity contribution is 0.579. The van der Waals surface area contributed by atoms with Crippen LogP contribution in [-0.4, -0.2) is 35.9 Å². The molecule has 0 aliphatic carbocycles. The van der Waals surface area contributed by atoms with Crippen molar-refractivity contribution in [3.05, 3.63) is 85.5 Å². The Labute approximate surface area is 184 Å². The maximum absolute atomic E-state index is 12.0. The first kappa shape index (κ1) is 25.3. The molecule has 2 aromatic carbocycles. The summed E-state index contributed by atoms with van der Waals surface area (Å²) in [6, 6.07) is 18.5. The lowest BCUT2D eigenvalue weighted by atomic mass is 10.4. The average Bonchev–Trinajstić information content (AvgIpc) is 3.32. The Balaban J connectivity index is 0.000000284. The maximum atomic E-state index is 12.0. The van der Waals surface area contributed by atoms with Crippen LogP contribution in [0.1, 0.15) is 7.43 Å². The average molecular weight is 439 g/mol. The monoisotopic (exact) mass is 439 g/mol. The predicted octanol–water partition coefficient (Wildman–Crippen LogP) is 4.08. The normalized spacial score (nSPS) is 10.2. The number of aryl methyl sites for hydroxylation is 2. The van der Waals surface area contributed by atoms with E-state index in [1.165, 1.54) is 15.7 Å². The van der Waals surface area contributed by atoms with Crippen LogP contribution in [0.5, 0.6) is 0 Å². The minimum absolute atomic E-state index is 0. The minimum Gasteiger partial charge on any atom is -0.329 e. The van der Waals surface area contributed by atoms with Crippen molar-refractivity contribution in [2.75, 3.05) is 0 Å². The van der Waals surface area contributed by atoms with Gasteiger partial charge in [-0.3, -0.25) is 0 Å². The topological polar surface area (TPSA) is 69.8 Å². The smallest absolute Gasteiger partial charge is 0.240 e. The van der Waals surface area contributed by atoms with Gasteiger partial charge in [-0.05, 0) is 24.3 Å². The summed E-state index contributed by atoms with van der Waals surface area (Å²) in [5, 5.41) is 1.08. The molecule has 0 amide bonds. The van der Waals surface area contributed by atoms with Gasteiger partial charge in [0, 0.05) is 52.2 Å². The van der Waals surface area contributed by atoms with Crippen LogP contribution in [0.4, 0.5) is 0 Å². The van der Waals surface area contributed by atoms with Crippen LogP contribution in [0.2, 0.25) is 0 Å². The van der Waals surface area contributed by atoms with Gasteiger partial charge in [0.15, 0.2) is 5.16 Å². The highest BCUT2D eigenvalue weighted by atomic mass is 32.2. The van der Waals surface area contributed by atoms with Gasteiger partial charge in [0.25, 0.3) is 0 Å². The van der Waals surface area contributed by atoms with Crippen molar-refractivity contribution in [1.82, 2.24) is 19.1 Å². The van der Waals surface area contributed by atoms with Crippen LogP contribution in [0.15, 0.2) is 106 Å². The molecule has 0 N–H and O–H groups in total. The third-order valence-electron chi connectivity index (χ3n) is 3.80. The van der Waals surface area contributed by atoms with Crippen molar-refractivity contribution >= 4 is 30.0 Å². The molecule has 4 aromatic rings. The Bertz CT molecular complexity index is 1130. The second-order valence-electron chi connectivity index (χ2n) is 5.87. The molecule has 0 spiro atoms. The molecule has 0 bridgehead atoms. The molecule has 2 heterocycles. The minimum atomic E-state index is -3.47. The van der Waals surface area contributed by atoms with Crippen LogP contribution in [0.3, 0.4) is 0 Å². The van der Waals surface area contributed by atoms with Crippen LogP contribution in [-0.2, 0) is 23.9 Å². The Hall–Kier alpha value is -2.78. The summed E-state index contributed by atoms with van der Waals surface area (Å²) >= 11 is 1.67. The standard InChI is InChI=1S/C10H10N2O2S.C10H10N2S.CH4.B/c1-12-8-7-11-10(12)15(13,14)9-5-3-2-4-6-9;1-12-8-7-11-10(12)13-9-5-3-2-4-6-9;;/h2-8H,1H3;2-8H,1H3;1H4;. The molecule has 0 saturated carbocycles. The van der Waals surface area contributed by atoms with Gasteiger partial charge >= 0.3 is 0 Å². The van der Waals surface area contributed by atoms with Crippen molar-refractivity contribution in [3.63, 3.8) is 0 Å². The summed E-state index contributed by atoms with van der Waals surface area (Å²) in [4.78, 5) is 9.56. The largest absolute Gasteiger partial charge is 0.329 e. The number of hydrogen-bond acceptors (Lipinski definition) is 5. The van der Waals surface area contributed by atoms with Crippen molar-refractivity contribution in [2.24, 2.45) is 14.1 Å². The molecule has 2 aromatic heterocycles. The van der Waals surface area contributed by atoms with E-state index in [0.717, 1.165) is 5.16 Å². The van der Waals surface area contributed by atoms with Gasteiger partial charge in [-0.25, -0.2) is 18.4 Å². The zero-order valence-electron chi connectivity index (χ0n) is 16.1. The zero-order valence-corrected chi connectivity index (χ0v) is 17.7. The number of hydrogen-bond donors (Lipinski definition) is 0. The van der Waals surface area contributed by atoms with Gasteiger partial charge in [0.05, 0.1) is 4.90 Å². The number of sulfone groups is 1. The number of rotatable bonds is 4. The van der Waals surface area contributed by atoms with E-state index in [4.69, 9.17) is 0 Å². The lowest BCUT2D eigenvalue weighted by Crippen LogP contribution is -2.08. The SMILES string of the molecule is C.Cn1ccnc1S(=O)(=O)c1ccccc1.Cn1ccnc1Sc1ccccc1.[B]. The van der Waals surface area contributed by atoms with E-state index in [0.29, 0.717) is 0 Å². The lowest BCUT2D eigenvalue weighted by Gasteiger charge is -2.03. The molecule has 0 aliphatic rings. The first-order valence-corrected chi connectivity index (χ1v) is 10.8. The second kappa shape index (κ2) is 11.4. The van der Waals surface area contributed by atoms with E-state index >= 15 is 0 Å². The molecule has 6 nitrogen and oxygen atoms in total. The summed E-state index contributed by atoms with van der Waals surface area (Å²) in [5.41, 5.74) is 0. The van der Waals surface area contributed by atoms with E-state index in [2.05, 4.69) is 22.1 Å². The second-order valence-corrected chi connectivity index (χ2v) is 8.76. The molecule has 0 fully saturated rings. The highest BCUT2D eigenvalue weighted by Crippen LogP contribution is 2.24. The van der Waals surface area contributed by atoms with Gasteiger partial charge in [-0.2, -0.15) is 0 Å². The molecule has 3 radical (unpaired) electrons. The fourth-order valence-corrected chi connectivity index (χ4v) is 4.55. The first-order chi connectivity index (χ1) is 13.5. The number of benzene rings is 2. The van der Waals surface area contributed by atoms with Gasteiger partial charge in [-0.15, -0.1) is 0 Å². The predicted molar refractivity (Wildman–Crippen MR) is 121 cm³/mol. The molecule has 9 heteroatoms. The summed E-state index contributed by atoms with van der Waals surface area (Å²) in [7, 11) is 0.179. The molecular formula is C21H24BN4O2S2. The molecule has 30 heavy (non-hydrogen) atoms. The summed E-state index contributed by atoms with van der Waals surface area (Å²) in [6.07, 6.45) is 6.84. The summed E-state index contributed by atoms with van der Waals surface area (Å²) in [5.74, 6) is 0. The first-order valence-electron chi connectivity index (χ1n) is 8.46. The fraction of sp³-hybridized carbons (Fsp3) is 0.143. The summed E-state index contributed by atoms with van der Waals surface area (Å²) < 4.78 is 27.6. The fourth-order valence-electron chi connectivity index (χ4n) is 2.36. The Morgan fingerprint density at radius 1 is 0.800 bits per heavy atom. The molecule has 0 unspecified atom stereocenters. The molecule has 0 aliphatic heterocycles. The van der Waals surface area contributed by atoms with Crippen molar-refractivity contribution in [2.45, 2.75) is 27.5 Å². The maximum Gasteiger partial charge on any atom is 0.240 e. The van der Waals surface area contributed by atoms with E-state index in [9.17, 15) is 8.42 Å². The number of nitrogens with zero attached hydrogens (tertiary/aromatic N) is 4. The number of imidazole rings is 2. The van der Waals surface area contributed by atoms with E-state index in [1.807, 2.05) is 42.2 Å². The molecular weight excluding hydrogens is 415 g/mol. The Morgan fingerprint density at radius 3 is 1.83 bits per heavy atom. The highest BCUT2D eigenvalue weighted by Gasteiger charge is 2.21. The van der Waals surface area contributed by atoms with Crippen LogP contribution in [0.25, 0.3) is 0 Å². The van der Waals surface area contributed by atoms with Crippen molar-refractivity contribution in [3.8, 4) is 0 Å². The summed E-state index contributed by atoms with van der Waals surface area (Å²) in [6.45, 7) is 0. The molecule has 155 valence electrons. The molecule has 0 atom stereocenters. The van der Waals surface area contributed by atoms with E-state index in [-0.39, 0.29) is 25.9 Å². The van der Waals surface area contributed by atoms with Gasteiger partial charge in [-0.1, -0.05) is 55.6 Å². The highest BCUT2D eigenvalue weighted by molar-refractivity contribution is 7.99. The van der Waals surface area contributed by atoms with Crippen LogP contribution >= 0.6 is 11.8 Å². The number of aromatic nitrogens is 4. The van der Waals surface area contributed by atoms with Crippen molar-refractivity contribution in [1.29, 1.82) is 0 Å². The third kappa shape index (κ3) is 6.11. The van der Waals surface area contributed by atoms with E-state index < -0.39 is 9.84 Å². The Kier molecular flexibility index (Phi) is 9.62. The van der Waals surface area contributed by atoms with Gasteiger partial charge in [0.2, 0.25) is 15.0 Å². The molecule has 0 saturated heterocycles. The van der Waals surface area contributed by atoms with Crippen molar-refractivity contribution < 1.29 is 8.42 Å².